The van der Waals surface area contributed by atoms with E-state index >= 15 is 0 Å². The minimum Gasteiger partial charge on any atom is -0.463 e. The average Bonchev–Trinajstić information content (AvgIpc) is 3.40. The molecule has 3 aromatic rings. The molecule has 0 aliphatic carbocycles. The van der Waals surface area contributed by atoms with Crippen LogP contribution in [0.1, 0.15) is 32.4 Å². The van der Waals surface area contributed by atoms with Crippen molar-refractivity contribution in [3.8, 4) is 11.3 Å². The maximum absolute atomic E-state index is 13.9. The fraction of sp³-hybridized carbons (Fsp3) is 0.370. The molecule has 0 saturated carbocycles. The van der Waals surface area contributed by atoms with E-state index in [0.29, 0.717) is 10.8 Å². The number of ether oxygens (including phenoxy) is 4. The van der Waals surface area contributed by atoms with Crippen LogP contribution in [0.5, 0.6) is 0 Å². The molecule has 1 saturated heterocycles. The van der Waals surface area contributed by atoms with Gasteiger partial charge in [-0.1, -0.05) is 28.9 Å². The molecule has 4 rings (SSSR count). The van der Waals surface area contributed by atoms with Gasteiger partial charge in [0.15, 0.2) is 29.7 Å². The van der Waals surface area contributed by atoms with Crippen molar-refractivity contribution in [3.63, 3.8) is 0 Å². The van der Waals surface area contributed by atoms with Crippen molar-refractivity contribution in [2.24, 2.45) is 0 Å². The zero-order chi connectivity index (χ0) is 30.6. The molecule has 224 valence electrons. The van der Waals surface area contributed by atoms with E-state index in [0.717, 1.165) is 24.6 Å². The van der Waals surface area contributed by atoms with Gasteiger partial charge in [0.2, 0.25) is 0 Å². The fourth-order valence-electron chi connectivity index (χ4n) is 4.34. The van der Waals surface area contributed by atoms with E-state index in [4.69, 9.17) is 30.5 Å². The Bertz CT molecular complexity index is 1440. The number of carbonyl (C=O) groups is 3. The first kappa shape index (κ1) is 31.3. The standard InChI is InChI=1S/C27H25ClF3N3O7S/c1-13(35)38-11-22-25(39-14(2)36)24(34-10-21(32-33-34)17-8-19(29)23(31)20(30)9-17)26(40-15(3)37)27(41-22)42-12-16-4-6-18(28)7-5-16/h4-10,22,24-27H,11-12H2,1-3H3/t22?,24?,25-,26?,27+/m0/s1. The second-order valence-electron chi connectivity index (χ2n) is 9.26. The Labute approximate surface area is 247 Å². The first-order chi connectivity index (χ1) is 19.9. The smallest absolute Gasteiger partial charge is 0.303 e. The monoisotopic (exact) mass is 627 g/mol. The molecule has 3 unspecified atom stereocenters. The van der Waals surface area contributed by atoms with E-state index in [2.05, 4.69) is 10.3 Å². The van der Waals surface area contributed by atoms with Crippen LogP contribution in [0.4, 0.5) is 13.2 Å². The quantitative estimate of drug-likeness (QED) is 0.189. The van der Waals surface area contributed by atoms with Crippen LogP contribution in [0.2, 0.25) is 5.02 Å². The van der Waals surface area contributed by atoms with Crippen LogP contribution in [0.25, 0.3) is 11.3 Å². The van der Waals surface area contributed by atoms with Gasteiger partial charge in [-0.05, 0) is 29.8 Å². The van der Waals surface area contributed by atoms with Crippen molar-refractivity contribution in [1.29, 1.82) is 0 Å². The number of hydrogen-bond donors (Lipinski definition) is 0. The SMILES string of the molecule is CC(=O)OCC1O[C@H](SCc2ccc(Cl)cc2)C(OC(C)=O)C(n2cc(-c3cc(F)c(F)c(F)c3)nn2)[C@H]1OC(C)=O. The molecular formula is C27H25ClF3N3O7S. The summed E-state index contributed by atoms with van der Waals surface area (Å²) in [4.78, 5) is 36.1. The summed E-state index contributed by atoms with van der Waals surface area (Å²) in [6.45, 7) is 3.20. The van der Waals surface area contributed by atoms with E-state index in [-0.39, 0.29) is 17.9 Å². The van der Waals surface area contributed by atoms with Crippen LogP contribution in [-0.2, 0) is 39.1 Å². The number of esters is 3. The van der Waals surface area contributed by atoms with Gasteiger partial charge in [-0.2, -0.15) is 0 Å². The second-order valence-corrected chi connectivity index (χ2v) is 10.8. The molecule has 42 heavy (non-hydrogen) atoms. The van der Waals surface area contributed by atoms with Crippen molar-refractivity contribution in [1.82, 2.24) is 15.0 Å². The molecule has 0 bridgehead atoms. The van der Waals surface area contributed by atoms with Crippen LogP contribution in [0, 0.1) is 17.5 Å². The molecule has 10 nitrogen and oxygen atoms in total. The van der Waals surface area contributed by atoms with Gasteiger partial charge in [0.1, 0.15) is 29.9 Å². The molecule has 1 fully saturated rings. The number of hydrogen-bond acceptors (Lipinski definition) is 10. The molecule has 15 heteroatoms. The molecule has 0 N–H and O–H groups in total. The van der Waals surface area contributed by atoms with Gasteiger partial charge < -0.3 is 18.9 Å². The van der Waals surface area contributed by atoms with Gasteiger partial charge in [-0.3, -0.25) is 14.4 Å². The Morgan fingerprint density at radius 1 is 0.976 bits per heavy atom. The largest absolute Gasteiger partial charge is 0.463 e. The predicted molar refractivity (Wildman–Crippen MR) is 144 cm³/mol. The fourth-order valence-corrected chi connectivity index (χ4v) is 5.64. The van der Waals surface area contributed by atoms with Crippen LogP contribution in [0.15, 0.2) is 42.6 Å². The Hall–Kier alpha value is -3.62. The van der Waals surface area contributed by atoms with Gasteiger partial charge in [-0.25, -0.2) is 17.9 Å². The molecular weight excluding hydrogens is 603 g/mol. The second kappa shape index (κ2) is 13.6. The number of rotatable bonds is 9. The number of thioether (sulfide) groups is 1. The molecule has 1 aliphatic rings. The third-order valence-electron chi connectivity index (χ3n) is 6.09. The lowest BCUT2D eigenvalue weighted by Gasteiger charge is -2.44. The number of aromatic nitrogens is 3. The van der Waals surface area contributed by atoms with Crippen molar-refractivity contribution in [2.75, 3.05) is 6.61 Å². The highest BCUT2D eigenvalue weighted by atomic mass is 35.5. The third kappa shape index (κ3) is 7.61. The van der Waals surface area contributed by atoms with Crippen molar-refractivity contribution < 1.29 is 46.5 Å². The van der Waals surface area contributed by atoms with E-state index in [1.54, 1.807) is 24.3 Å². The van der Waals surface area contributed by atoms with E-state index in [1.165, 1.54) is 36.5 Å². The van der Waals surface area contributed by atoms with E-state index < -0.39 is 65.1 Å². The lowest BCUT2D eigenvalue weighted by Crippen LogP contribution is -2.57. The molecule has 0 radical (unpaired) electrons. The molecule has 2 heterocycles. The van der Waals surface area contributed by atoms with Crippen molar-refractivity contribution >= 4 is 41.3 Å². The maximum Gasteiger partial charge on any atom is 0.303 e. The first-order valence-corrected chi connectivity index (χ1v) is 13.9. The highest BCUT2D eigenvalue weighted by Gasteiger charge is 2.52. The number of benzene rings is 2. The zero-order valence-corrected chi connectivity index (χ0v) is 24.0. The highest BCUT2D eigenvalue weighted by molar-refractivity contribution is 7.99. The van der Waals surface area contributed by atoms with E-state index in [1.807, 2.05) is 0 Å². The van der Waals surface area contributed by atoms with Gasteiger partial charge in [0.25, 0.3) is 0 Å². The summed E-state index contributed by atoms with van der Waals surface area (Å²) in [7, 11) is 0. The summed E-state index contributed by atoms with van der Waals surface area (Å²) in [5.74, 6) is -6.15. The lowest BCUT2D eigenvalue weighted by atomic mass is 9.96. The van der Waals surface area contributed by atoms with Crippen LogP contribution in [-0.4, -0.2) is 63.3 Å². The Morgan fingerprint density at radius 2 is 1.60 bits per heavy atom. The molecule has 2 aromatic carbocycles. The molecule has 1 aromatic heterocycles. The van der Waals surface area contributed by atoms with Crippen LogP contribution >= 0.6 is 23.4 Å². The maximum atomic E-state index is 13.9. The average molecular weight is 628 g/mol. The van der Waals surface area contributed by atoms with Gasteiger partial charge in [0.05, 0.1) is 6.20 Å². The molecule has 0 amide bonds. The highest BCUT2D eigenvalue weighted by Crippen LogP contribution is 2.40. The van der Waals surface area contributed by atoms with Gasteiger partial charge in [0, 0.05) is 37.1 Å². The molecule has 5 atom stereocenters. The topological polar surface area (TPSA) is 119 Å². The summed E-state index contributed by atoms with van der Waals surface area (Å²) in [5, 5.41) is 8.57. The predicted octanol–water partition coefficient (Wildman–Crippen LogP) is 4.64. The van der Waals surface area contributed by atoms with Gasteiger partial charge >= 0.3 is 17.9 Å². The normalized spacial score (nSPS) is 21.9. The Morgan fingerprint density at radius 3 is 2.19 bits per heavy atom. The zero-order valence-electron chi connectivity index (χ0n) is 22.5. The van der Waals surface area contributed by atoms with Crippen molar-refractivity contribution in [3.05, 3.63) is 70.6 Å². The molecule has 0 spiro atoms. The third-order valence-corrected chi connectivity index (χ3v) is 7.55. The van der Waals surface area contributed by atoms with E-state index in [9.17, 15) is 27.6 Å². The first-order valence-electron chi connectivity index (χ1n) is 12.5. The number of carbonyl (C=O) groups excluding carboxylic acids is 3. The Balaban J connectivity index is 1.76. The van der Waals surface area contributed by atoms with Crippen molar-refractivity contribution in [2.45, 2.75) is 56.3 Å². The summed E-state index contributed by atoms with van der Waals surface area (Å²) >= 11 is 7.24. The summed E-state index contributed by atoms with van der Waals surface area (Å²) in [5.41, 5.74) is -0.212. The summed E-state index contributed by atoms with van der Waals surface area (Å²) < 4.78 is 65.3. The van der Waals surface area contributed by atoms with Crippen LogP contribution in [0.3, 0.4) is 0 Å². The minimum absolute atomic E-state index is 0.0515. The Kier molecular flexibility index (Phi) is 10.1. The lowest BCUT2D eigenvalue weighted by molar-refractivity contribution is -0.212. The van der Waals surface area contributed by atoms with Gasteiger partial charge in [-0.15, -0.1) is 16.9 Å². The minimum atomic E-state index is -1.64. The number of nitrogens with zero attached hydrogens (tertiary/aromatic N) is 3. The number of halogens is 4. The summed E-state index contributed by atoms with van der Waals surface area (Å²) in [6.07, 6.45) is -2.15. The molecule has 1 aliphatic heterocycles. The van der Waals surface area contributed by atoms with Crippen LogP contribution < -0.4 is 0 Å². The summed E-state index contributed by atoms with van der Waals surface area (Å²) in [6, 6.07) is 7.42.